The average Bonchev–Trinajstić information content (AvgIpc) is 2.66. The van der Waals surface area contributed by atoms with Crippen LogP contribution in [0.25, 0.3) is 0 Å². The molecule has 1 spiro atoms. The topological polar surface area (TPSA) is 50.8 Å². The van der Waals surface area contributed by atoms with Gasteiger partial charge < -0.3 is 19.7 Å². The molecule has 2 unspecified atom stereocenters. The van der Waals surface area contributed by atoms with Gasteiger partial charge >= 0.3 is 6.03 Å². The zero-order valence-corrected chi connectivity index (χ0v) is 14.6. The fourth-order valence-electron chi connectivity index (χ4n) is 4.17. The molecule has 0 radical (unpaired) electrons. The molecular weight excluding hydrogens is 316 g/mol. The number of hydrogen-bond acceptors (Lipinski definition) is 3. The minimum absolute atomic E-state index is 0.0242. The number of benzene rings is 1. The lowest BCUT2D eigenvalue weighted by molar-refractivity contribution is 0.0799. The van der Waals surface area contributed by atoms with Gasteiger partial charge in [0.25, 0.3) is 0 Å². The summed E-state index contributed by atoms with van der Waals surface area (Å²) in [5.41, 5.74) is 0.299. The molecule has 4 rings (SSSR count). The van der Waals surface area contributed by atoms with Crippen LogP contribution in [-0.2, 0) is 0 Å². The number of carbonyl (C=O) groups excluding carboxylic acids is 1. The van der Waals surface area contributed by atoms with E-state index in [-0.39, 0.29) is 12.1 Å². The van der Waals surface area contributed by atoms with Gasteiger partial charge in [0, 0.05) is 13.1 Å². The van der Waals surface area contributed by atoms with Crippen molar-refractivity contribution in [2.45, 2.75) is 38.2 Å². The van der Waals surface area contributed by atoms with Crippen LogP contribution in [0.15, 0.2) is 36.4 Å². The summed E-state index contributed by atoms with van der Waals surface area (Å²) in [6, 6.07) is 7.67. The van der Waals surface area contributed by atoms with Crippen molar-refractivity contribution in [2.24, 2.45) is 5.41 Å². The number of ether oxygens (including phenoxy) is 2. The zero-order valence-electron chi connectivity index (χ0n) is 14.6. The van der Waals surface area contributed by atoms with Crippen molar-refractivity contribution in [3.05, 3.63) is 36.4 Å². The molecule has 1 aromatic carbocycles. The monoisotopic (exact) mass is 342 g/mol. The second kappa shape index (κ2) is 6.98. The van der Waals surface area contributed by atoms with Gasteiger partial charge in [0.05, 0.1) is 6.54 Å². The highest BCUT2D eigenvalue weighted by molar-refractivity contribution is 5.74. The van der Waals surface area contributed by atoms with Gasteiger partial charge in [-0.05, 0) is 49.7 Å². The minimum atomic E-state index is -0.143. The summed E-state index contributed by atoms with van der Waals surface area (Å²) in [6.45, 7) is 2.65. The molecule has 0 bridgehead atoms. The SMILES string of the molecule is O=C(NCC1COc2ccccc2O1)N1CCCC2(CC=CCC2)C1. The predicted octanol–water partition coefficient (Wildman–Crippen LogP) is 3.36. The molecule has 0 aromatic heterocycles. The van der Waals surface area contributed by atoms with Crippen molar-refractivity contribution in [3.8, 4) is 11.5 Å². The molecule has 1 saturated heterocycles. The molecular formula is C20H26N2O3. The number of para-hydroxylation sites is 2. The molecule has 1 fully saturated rings. The van der Waals surface area contributed by atoms with Gasteiger partial charge in [-0.2, -0.15) is 0 Å². The van der Waals surface area contributed by atoms with Crippen molar-refractivity contribution in [1.82, 2.24) is 10.2 Å². The molecule has 5 nitrogen and oxygen atoms in total. The Morgan fingerprint density at radius 1 is 1.24 bits per heavy atom. The maximum Gasteiger partial charge on any atom is 0.317 e. The summed E-state index contributed by atoms with van der Waals surface area (Å²) in [7, 11) is 0. The summed E-state index contributed by atoms with van der Waals surface area (Å²) in [6.07, 6.45) is 10.2. The van der Waals surface area contributed by atoms with E-state index >= 15 is 0 Å². The standard InChI is InChI=1S/C20H26N2O3/c23-19(22-12-6-11-20(15-22)9-4-1-5-10-20)21-13-16-14-24-17-7-2-3-8-18(17)25-16/h1-4,7-8,16H,5-6,9-15H2,(H,21,23). The Hall–Kier alpha value is -2.17. The van der Waals surface area contributed by atoms with Crippen LogP contribution in [0.4, 0.5) is 4.79 Å². The lowest BCUT2D eigenvalue weighted by Crippen LogP contribution is -2.52. The molecule has 2 heterocycles. The number of likely N-dealkylation sites (tertiary alicyclic amines) is 1. The molecule has 0 saturated carbocycles. The smallest absolute Gasteiger partial charge is 0.317 e. The fourth-order valence-corrected chi connectivity index (χ4v) is 4.17. The molecule has 2 atom stereocenters. The lowest BCUT2D eigenvalue weighted by atomic mass is 9.71. The molecule has 2 amide bonds. The highest BCUT2D eigenvalue weighted by atomic mass is 16.6. The third-order valence-electron chi connectivity index (χ3n) is 5.56. The van der Waals surface area contributed by atoms with E-state index < -0.39 is 0 Å². The van der Waals surface area contributed by atoms with Gasteiger partial charge in [0.2, 0.25) is 0 Å². The van der Waals surface area contributed by atoms with E-state index in [0.717, 1.165) is 43.9 Å². The normalized spacial score (nSPS) is 28.0. The van der Waals surface area contributed by atoms with E-state index in [9.17, 15) is 4.79 Å². The number of allylic oxidation sites excluding steroid dienone is 2. The van der Waals surface area contributed by atoms with Gasteiger partial charge in [-0.3, -0.25) is 0 Å². The zero-order chi connectivity index (χ0) is 17.1. The minimum Gasteiger partial charge on any atom is -0.486 e. The van der Waals surface area contributed by atoms with Gasteiger partial charge in [-0.15, -0.1) is 0 Å². The van der Waals surface area contributed by atoms with E-state index in [1.807, 2.05) is 29.2 Å². The number of urea groups is 1. The third kappa shape index (κ3) is 3.60. The number of piperidine rings is 1. The van der Waals surface area contributed by atoms with Crippen molar-refractivity contribution >= 4 is 6.03 Å². The molecule has 134 valence electrons. The van der Waals surface area contributed by atoms with Crippen LogP contribution in [-0.4, -0.2) is 43.3 Å². The highest BCUT2D eigenvalue weighted by Gasteiger charge is 2.36. The first-order valence-electron chi connectivity index (χ1n) is 9.30. The van der Waals surface area contributed by atoms with Crippen molar-refractivity contribution in [2.75, 3.05) is 26.2 Å². The quantitative estimate of drug-likeness (QED) is 0.839. The summed E-state index contributed by atoms with van der Waals surface area (Å²) in [4.78, 5) is 14.6. The second-order valence-corrected chi connectivity index (χ2v) is 7.42. The van der Waals surface area contributed by atoms with Gasteiger partial charge in [0.15, 0.2) is 17.6 Å². The first-order valence-corrected chi connectivity index (χ1v) is 9.30. The van der Waals surface area contributed by atoms with Crippen LogP contribution in [0.3, 0.4) is 0 Å². The second-order valence-electron chi connectivity index (χ2n) is 7.42. The molecule has 25 heavy (non-hydrogen) atoms. The third-order valence-corrected chi connectivity index (χ3v) is 5.56. The number of nitrogens with one attached hydrogen (secondary N) is 1. The van der Waals surface area contributed by atoms with E-state index in [1.165, 1.54) is 12.8 Å². The van der Waals surface area contributed by atoms with E-state index in [2.05, 4.69) is 17.5 Å². The molecule has 3 aliphatic rings. The Morgan fingerprint density at radius 3 is 2.96 bits per heavy atom. The lowest BCUT2D eigenvalue weighted by Gasteiger charge is -2.43. The van der Waals surface area contributed by atoms with Crippen molar-refractivity contribution < 1.29 is 14.3 Å². The van der Waals surface area contributed by atoms with E-state index in [4.69, 9.17) is 9.47 Å². The number of fused-ring (bicyclic) bond motifs is 1. The Bertz CT molecular complexity index is 660. The Kier molecular flexibility index (Phi) is 4.55. The highest BCUT2D eigenvalue weighted by Crippen LogP contribution is 2.40. The van der Waals surface area contributed by atoms with Crippen LogP contribution in [0, 0.1) is 5.41 Å². The van der Waals surface area contributed by atoms with Crippen LogP contribution in [0.5, 0.6) is 11.5 Å². The van der Waals surface area contributed by atoms with Crippen LogP contribution < -0.4 is 14.8 Å². The maximum absolute atomic E-state index is 12.6. The summed E-state index contributed by atoms with van der Waals surface area (Å²) in [5.74, 6) is 1.52. The van der Waals surface area contributed by atoms with Crippen LogP contribution in [0.1, 0.15) is 32.1 Å². The van der Waals surface area contributed by atoms with Gasteiger partial charge in [-0.25, -0.2) is 4.79 Å². The first kappa shape index (κ1) is 16.3. The molecule has 2 aliphatic heterocycles. The van der Waals surface area contributed by atoms with Gasteiger partial charge in [0.1, 0.15) is 6.61 Å². The molecule has 1 N–H and O–H groups in total. The number of carbonyl (C=O) groups is 1. The fraction of sp³-hybridized carbons (Fsp3) is 0.550. The number of amides is 2. The Morgan fingerprint density at radius 2 is 2.12 bits per heavy atom. The summed E-state index contributed by atoms with van der Waals surface area (Å²) in [5, 5.41) is 3.04. The van der Waals surface area contributed by atoms with Crippen LogP contribution in [0.2, 0.25) is 0 Å². The Balaban J connectivity index is 1.30. The molecule has 1 aromatic rings. The number of nitrogens with zero attached hydrogens (tertiary/aromatic N) is 1. The number of hydrogen-bond donors (Lipinski definition) is 1. The van der Waals surface area contributed by atoms with Gasteiger partial charge in [-0.1, -0.05) is 24.3 Å². The molecule has 1 aliphatic carbocycles. The first-order chi connectivity index (χ1) is 12.2. The largest absolute Gasteiger partial charge is 0.486 e. The average molecular weight is 342 g/mol. The van der Waals surface area contributed by atoms with Crippen LogP contribution >= 0.6 is 0 Å². The van der Waals surface area contributed by atoms with E-state index in [0.29, 0.717) is 18.6 Å². The summed E-state index contributed by atoms with van der Waals surface area (Å²) < 4.78 is 11.6. The Labute approximate surface area is 149 Å². The molecule has 5 heteroatoms. The number of rotatable bonds is 2. The van der Waals surface area contributed by atoms with Crippen molar-refractivity contribution in [3.63, 3.8) is 0 Å². The van der Waals surface area contributed by atoms with E-state index in [1.54, 1.807) is 0 Å². The predicted molar refractivity (Wildman–Crippen MR) is 96.0 cm³/mol. The van der Waals surface area contributed by atoms with Crippen molar-refractivity contribution in [1.29, 1.82) is 0 Å². The summed E-state index contributed by atoms with van der Waals surface area (Å²) >= 11 is 0. The maximum atomic E-state index is 12.6.